The number of benzene rings is 2. The number of rotatable bonds is 2. The van der Waals surface area contributed by atoms with Crippen molar-refractivity contribution >= 4 is 40.4 Å². The predicted molar refractivity (Wildman–Crippen MR) is 101 cm³/mol. The van der Waals surface area contributed by atoms with Crippen molar-refractivity contribution < 1.29 is 14.7 Å². The zero-order valence-electron chi connectivity index (χ0n) is 13.9. The first-order valence-electron chi connectivity index (χ1n) is 8.43. The van der Waals surface area contributed by atoms with Crippen LogP contribution in [-0.4, -0.2) is 29.6 Å². The van der Waals surface area contributed by atoms with E-state index in [1.165, 1.54) is 0 Å². The second-order valence-electron chi connectivity index (χ2n) is 6.43. The average Bonchev–Trinajstić information content (AvgIpc) is 3.02. The molecular formula is C20H17ClN2O3. The molecule has 0 radical (unpaired) electrons. The van der Waals surface area contributed by atoms with Gasteiger partial charge in [0.05, 0.1) is 0 Å². The molecule has 0 aliphatic carbocycles. The molecule has 1 atom stereocenters. The van der Waals surface area contributed by atoms with Crippen molar-refractivity contribution in [3.8, 4) is 0 Å². The molecule has 1 saturated heterocycles. The van der Waals surface area contributed by atoms with Crippen LogP contribution in [0, 0.1) is 0 Å². The van der Waals surface area contributed by atoms with E-state index >= 15 is 0 Å². The fraction of sp³-hybridized carbons (Fsp3) is 0.200. The van der Waals surface area contributed by atoms with Crippen LogP contribution < -0.4 is 10.2 Å². The summed E-state index contributed by atoms with van der Waals surface area (Å²) in [5.74, 6) is -1.00. The van der Waals surface area contributed by atoms with E-state index in [-0.39, 0.29) is 12.3 Å². The summed E-state index contributed by atoms with van der Waals surface area (Å²) in [6.07, 6.45) is 0.866. The number of para-hydroxylation sites is 1. The summed E-state index contributed by atoms with van der Waals surface area (Å²) in [6, 6.07) is 14.1. The van der Waals surface area contributed by atoms with Crippen LogP contribution in [0.1, 0.15) is 18.4 Å². The molecule has 0 unspecified atom stereocenters. The van der Waals surface area contributed by atoms with E-state index < -0.39 is 12.0 Å². The smallest absolute Gasteiger partial charge is 0.326 e. The molecule has 0 aromatic heterocycles. The van der Waals surface area contributed by atoms with Gasteiger partial charge >= 0.3 is 5.97 Å². The Hall–Kier alpha value is -2.79. The molecule has 1 amide bonds. The molecule has 2 aliphatic heterocycles. The van der Waals surface area contributed by atoms with Crippen molar-refractivity contribution in [1.29, 1.82) is 0 Å². The normalized spacial score (nSPS) is 22.1. The molecule has 2 N–H and O–H groups in total. The number of nitrogens with zero attached hydrogens (tertiary/aromatic N) is 1. The Labute approximate surface area is 155 Å². The largest absolute Gasteiger partial charge is 0.480 e. The first-order valence-corrected chi connectivity index (χ1v) is 8.80. The third kappa shape index (κ3) is 2.84. The Bertz CT molecular complexity index is 924. The van der Waals surface area contributed by atoms with Gasteiger partial charge in [-0.05, 0) is 36.3 Å². The number of aliphatic carboxylic acids is 1. The second kappa shape index (κ2) is 6.50. The minimum Gasteiger partial charge on any atom is -0.480 e. The minimum atomic E-state index is -0.945. The van der Waals surface area contributed by atoms with Crippen molar-refractivity contribution in [3.63, 3.8) is 0 Å². The van der Waals surface area contributed by atoms with Gasteiger partial charge in [0.2, 0.25) is 0 Å². The number of hydrogen-bond donors (Lipinski definition) is 2. The number of carboxylic acid groups (broad SMARTS) is 1. The Morgan fingerprint density at radius 1 is 1.15 bits per heavy atom. The lowest BCUT2D eigenvalue weighted by atomic mass is 9.88. The molecule has 132 valence electrons. The number of carbonyl (C=O) groups is 2. The number of nitrogens with one attached hydrogen (secondary N) is 1. The SMILES string of the molecule is O=C(O)[C@H]1C/C(=C2/CCN(c3ccccc3)C2=O)c2ccc(Cl)cc2N1. The zero-order valence-corrected chi connectivity index (χ0v) is 14.7. The summed E-state index contributed by atoms with van der Waals surface area (Å²) in [5, 5.41) is 13.0. The number of hydrogen-bond acceptors (Lipinski definition) is 3. The van der Waals surface area contributed by atoms with Crippen molar-refractivity contribution in [2.45, 2.75) is 18.9 Å². The number of fused-ring (bicyclic) bond motifs is 1. The molecule has 0 spiro atoms. The fourth-order valence-electron chi connectivity index (χ4n) is 3.62. The molecule has 0 saturated carbocycles. The molecule has 26 heavy (non-hydrogen) atoms. The standard InChI is InChI=1S/C20H17ClN2O3/c21-12-6-7-14-16(11-18(20(25)26)22-17(14)10-12)15-8-9-23(19(15)24)13-4-2-1-3-5-13/h1-7,10,18,22H,8-9,11H2,(H,25,26)/b16-15+/t18-/m1/s1. The van der Waals surface area contributed by atoms with Gasteiger partial charge in [-0.15, -0.1) is 0 Å². The number of anilines is 2. The van der Waals surface area contributed by atoms with Crippen LogP contribution in [0.5, 0.6) is 0 Å². The molecule has 2 aromatic rings. The highest BCUT2D eigenvalue weighted by Crippen LogP contribution is 2.40. The molecule has 2 aliphatic rings. The molecule has 0 bridgehead atoms. The first kappa shape index (κ1) is 16.7. The summed E-state index contributed by atoms with van der Waals surface area (Å²) in [5.41, 5.74) is 3.85. The third-order valence-electron chi connectivity index (χ3n) is 4.86. The number of carbonyl (C=O) groups excluding carboxylic acids is 1. The second-order valence-corrected chi connectivity index (χ2v) is 6.87. The van der Waals surface area contributed by atoms with E-state index in [1.54, 1.807) is 17.0 Å². The van der Waals surface area contributed by atoms with Crippen LogP contribution in [0.4, 0.5) is 11.4 Å². The summed E-state index contributed by atoms with van der Waals surface area (Å²) in [7, 11) is 0. The maximum Gasteiger partial charge on any atom is 0.326 e. The number of halogens is 1. The maximum atomic E-state index is 13.0. The minimum absolute atomic E-state index is 0.0573. The average molecular weight is 369 g/mol. The lowest BCUT2D eigenvalue weighted by molar-refractivity contribution is -0.137. The van der Waals surface area contributed by atoms with Gasteiger partial charge in [-0.2, -0.15) is 0 Å². The van der Waals surface area contributed by atoms with Crippen molar-refractivity contribution in [2.24, 2.45) is 0 Å². The summed E-state index contributed by atoms with van der Waals surface area (Å²) in [4.78, 5) is 26.3. The number of amides is 1. The van der Waals surface area contributed by atoms with Gasteiger partial charge in [0.1, 0.15) is 6.04 Å². The highest BCUT2D eigenvalue weighted by molar-refractivity contribution is 6.31. The van der Waals surface area contributed by atoms with E-state index in [2.05, 4.69) is 5.32 Å². The topological polar surface area (TPSA) is 69.6 Å². The van der Waals surface area contributed by atoms with E-state index in [1.807, 2.05) is 36.4 Å². The Kier molecular flexibility index (Phi) is 4.17. The van der Waals surface area contributed by atoms with Gasteiger partial charge in [-0.3, -0.25) is 4.79 Å². The number of carboxylic acids is 1. The van der Waals surface area contributed by atoms with Crippen molar-refractivity contribution in [3.05, 3.63) is 64.7 Å². The van der Waals surface area contributed by atoms with E-state index in [9.17, 15) is 14.7 Å². The van der Waals surface area contributed by atoms with Crippen LogP contribution in [0.25, 0.3) is 5.57 Å². The summed E-state index contributed by atoms with van der Waals surface area (Å²) >= 11 is 6.06. The van der Waals surface area contributed by atoms with Gasteiger partial charge in [-0.25, -0.2) is 4.79 Å². The Balaban J connectivity index is 1.78. The van der Waals surface area contributed by atoms with Crippen LogP contribution in [0.2, 0.25) is 5.02 Å². The maximum absolute atomic E-state index is 13.0. The van der Waals surface area contributed by atoms with Gasteiger partial charge in [0.25, 0.3) is 5.91 Å². The van der Waals surface area contributed by atoms with Crippen LogP contribution in [0.15, 0.2) is 54.1 Å². The fourth-order valence-corrected chi connectivity index (χ4v) is 3.79. The molecule has 5 nitrogen and oxygen atoms in total. The quantitative estimate of drug-likeness (QED) is 0.791. The van der Waals surface area contributed by atoms with Crippen molar-refractivity contribution in [1.82, 2.24) is 0 Å². The molecule has 2 aromatic carbocycles. The Morgan fingerprint density at radius 3 is 2.65 bits per heavy atom. The van der Waals surface area contributed by atoms with Gasteiger partial charge in [0.15, 0.2) is 0 Å². The van der Waals surface area contributed by atoms with E-state index in [0.717, 1.165) is 16.8 Å². The summed E-state index contributed by atoms with van der Waals surface area (Å²) in [6.45, 7) is 0.593. The van der Waals surface area contributed by atoms with Crippen LogP contribution in [-0.2, 0) is 9.59 Å². The lowest BCUT2D eigenvalue weighted by Gasteiger charge is -2.28. The van der Waals surface area contributed by atoms with Gasteiger partial charge in [-0.1, -0.05) is 35.9 Å². The highest BCUT2D eigenvalue weighted by atomic mass is 35.5. The van der Waals surface area contributed by atoms with E-state index in [0.29, 0.717) is 29.2 Å². The van der Waals surface area contributed by atoms with Crippen LogP contribution in [0.3, 0.4) is 0 Å². The molecule has 6 heteroatoms. The molecule has 4 rings (SSSR count). The predicted octanol–water partition coefficient (Wildman–Crippen LogP) is 3.80. The highest BCUT2D eigenvalue weighted by Gasteiger charge is 2.35. The Morgan fingerprint density at radius 2 is 1.92 bits per heavy atom. The van der Waals surface area contributed by atoms with Gasteiger partial charge in [0, 0.05) is 40.5 Å². The van der Waals surface area contributed by atoms with E-state index in [4.69, 9.17) is 11.6 Å². The first-order chi connectivity index (χ1) is 12.5. The molecule has 2 heterocycles. The van der Waals surface area contributed by atoms with Crippen LogP contribution >= 0.6 is 11.6 Å². The van der Waals surface area contributed by atoms with Crippen molar-refractivity contribution in [2.75, 3.05) is 16.8 Å². The molecular weight excluding hydrogens is 352 g/mol. The third-order valence-corrected chi connectivity index (χ3v) is 5.10. The lowest BCUT2D eigenvalue weighted by Crippen LogP contribution is -2.33. The zero-order chi connectivity index (χ0) is 18.3. The summed E-state index contributed by atoms with van der Waals surface area (Å²) < 4.78 is 0. The van der Waals surface area contributed by atoms with Gasteiger partial charge < -0.3 is 15.3 Å². The monoisotopic (exact) mass is 368 g/mol. The molecule has 1 fully saturated rings.